The molecule has 2 aliphatic heterocycles. The highest BCUT2D eigenvalue weighted by molar-refractivity contribution is 5.98. The molecule has 2 N–H and O–H groups in total. The summed E-state index contributed by atoms with van der Waals surface area (Å²) in [5, 5.41) is 6.36. The second kappa shape index (κ2) is 7.63. The molecule has 2 amide bonds. The molecular formula is C23H31N3O3. The first kappa shape index (κ1) is 18.9. The van der Waals surface area contributed by atoms with E-state index in [0.717, 1.165) is 51.9 Å². The predicted octanol–water partition coefficient (Wildman–Crippen LogP) is 2.54. The second-order valence-corrected chi connectivity index (χ2v) is 9.22. The highest BCUT2D eigenvalue weighted by Crippen LogP contribution is 2.52. The molecule has 0 aromatic heterocycles. The lowest BCUT2D eigenvalue weighted by molar-refractivity contribution is -0.146. The van der Waals surface area contributed by atoms with Crippen molar-refractivity contribution in [1.82, 2.24) is 15.5 Å². The summed E-state index contributed by atoms with van der Waals surface area (Å²) in [7, 11) is 0. The van der Waals surface area contributed by atoms with E-state index in [0.29, 0.717) is 11.3 Å². The summed E-state index contributed by atoms with van der Waals surface area (Å²) >= 11 is 0. The Labute approximate surface area is 172 Å². The number of hydrogen-bond donors (Lipinski definition) is 2. The van der Waals surface area contributed by atoms with E-state index in [9.17, 15) is 9.59 Å². The standard InChI is InChI=1S/C23H31N3O3/c27-21(24-10-13-26-11-4-1-5-12-26)19-14-17-9-8-16(19)15-23(17)25-22(28)18-6-2-3-7-20(18)29-23/h2-3,6-7,16-17,19H,1,4-5,8-15H2,(H,24,27)(H,25,28)/t16-,17+,19+,23-/m1/s1. The predicted molar refractivity (Wildman–Crippen MR) is 110 cm³/mol. The molecule has 3 saturated carbocycles. The Morgan fingerprint density at radius 3 is 2.83 bits per heavy atom. The summed E-state index contributed by atoms with van der Waals surface area (Å²) in [5.74, 6) is 1.30. The van der Waals surface area contributed by atoms with Gasteiger partial charge in [0.1, 0.15) is 5.75 Å². The van der Waals surface area contributed by atoms with E-state index < -0.39 is 5.72 Å². The number of fused-ring (bicyclic) bond motifs is 3. The molecular weight excluding hydrogens is 366 g/mol. The smallest absolute Gasteiger partial charge is 0.258 e. The van der Waals surface area contributed by atoms with Gasteiger partial charge in [0.05, 0.1) is 5.56 Å². The molecule has 6 rings (SSSR count). The first-order chi connectivity index (χ1) is 14.1. The van der Waals surface area contributed by atoms with Crippen LogP contribution in [0.1, 0.15) is 55.3 Å². The number of hydrogen-bond acceptors (Lipinski definition) is 4. The number of nitrogens with zero attached hydrogens (tertiary/aromatic N) is 1. The van der Waals surface area contributed by atoms with Crippen molar-refractivity contribution >= 4 is 11.8 Å². The zero-order valence-corrected chi connectivity index (χ0v) is 17.0. The van der Waals surface area contributed by atoms with Gasteiger partial charge in [0.2, 0.25) is 5.91 Å². The van der Waals surface area contributed by atoms with Gasteiger partial charge >= 0.3 is 0 Å². The Kier molecular flexibility index (Phi) is 4.98. The number of benzene rings is 1. The van der Waals surface area contributed by atoms with Crippen LogP contribution in [-0.4, -0.2) is 48.6 Å². The Morgan fingerprint density at radius 2 is 2.03 bits per heavy atom. The van der Waals surface area contributed by atoms with Crippen molar-refractivity contribution in [3.63, 3.8) is 0 Å². The summed E-state index contributed by atoms with van der Waals surface area (Å²) < 4.78 is 6.38. The maximum absolute atomic E-state index is 12.9. The van der Waals surface area contributed by atoms with Gasteiger partial charge in [0.15, 0.2) is 5.72 Å². The quantitative estimate of drug-likeness (QED) is 0.819. The van der Waals surface area contributed by atoms with Crippen LogP contribution < -0.4 is 15.4 Å². The number of amides is 2. The van der Waals surface area contributed by atoms with Gasteiger partial charge < -0.3 is 20.3 Å². The fourth-order valence-electron chi connectivity index (χ4n) is 5.93. The lowest BCUT2D eigenvalue weighted by Gasteiger charge is -2.55. The Hall–Kier alpha value is -2.08. The highest BCUT2D eigenvalue weighted by atomic mass is 16.5. The molecule has 2 heterocycles. The minimum absolute atomic E-state index is 0.0402. The largest absolute Gasteiger partial charge is 0.467 e. The zero-order chi connectivity index (χ0) is 19.8. The molecule has 3 aliphatic carbocycles. The van der Waals surface area contributed by atoms with Gasteiger partial charge in [0.25, 0.3) is 5.91 Å². The monoisotopic (exact) mass is 397 g/mol. The molecule has 0 unspecified atom stereocenters. The van der Waals surface area contributed by atoms with Crippen molar-refractivity contribution in [2.24, 2.45) is 17.8 Å². The van der Waals surface area contributed by atoms with Crippen molar-refractivity contribution in [2.45, 2.75) is 50.7 Å². The number of nitrogens with one attached hydrogen (secondary N) is 2. The molecule has 156 valence electrons. The molecule has 1 saturated heterocycles. The lowest BCUT2D eigenvalue weighted by atomic mass is 9.60. The van der Waals surface area contributed by atoms with Crippen molar-refractivity contribution in [1.29, 1.82) is 0 Å². The first-order valence-electron chi connectivity index (χ1n) is 11.3. The molecule has 2 bridgehead atoms. The third-order valence-electron chi connectivity index (χ3n) is 7.48. The second-order valence-electron chi connectivity index (χ2n) is 9.22. The molecule has 4 atom stereocenters. The van der Waals surface area contributed by atoms with Crippen LogP contribution in [-0.2, 0) is 4.79 Å². The highest BCUT2D eigenvalue weighted by Gasteiger charge is 2.57. The van der Waals surface area contributed by atoms with E-state index in [-0.39, 0.29) is 29.6 Å². The molecule has 1 aromatic carbocycles. The van der Waals surface area contributed by atoms with Gasteiger partial charge in [-0.15, -0.1) is 0 Å². The third kappa shape index (κ3) is 3.52. The normalized spacial score (nSPS) is 33.7. The molecule has 4 fully saturated rings. The number of piperidine rings is 1. The molecule has 1 spiro atoms. The van der Waals surface area contributed by atoms with Crippen LogP contribution in [0, 0.1) is 17.8 Å². The number of carbonyl (C=O) groups is 2. The van der Waals surface area contributed by atoms with Gasteiger partial charge in [0, 0.05) is 31.3 Å². The van der Waals surface area contributed by atoms with E-state index in [1.807, 2.05) is 18.2 Å². The summed E-state index contributed by atoms with van der Waals surface area (Å²) in [6.07, 6.45) is 7.44. The summed E-state index contributed by atoms with van der Waals surface area (Å²) in [6.45, 7) is 4.00. The zero-order valence-electron chi connectivity index (χ0n) is 17.0. The van der Waals surface area contributed by atoms with Crippen molar-refractivity contribution in [2.75, 3.05) is 26.2 Å². The number of para-hydroxylation sites is 1. The van der Waals surface area contributed by atoms with Gasteiger partial charge in [-0.2, -0.15) is 0 Å². The number of carbonyl (C=O) groups excluding carboxylic acids is 2. The number of ether oxygens (including phenoxy) is 1. The van der Waals surface area contributed by atoms with Gasteiger partial charge in [-0.3, -0.25) is 9.59 Å². The fourth-order valence-corrected chi connectivity index (χ4v) is 5.93. The van der Waals surface area contributed by atoms with Crippen LogP contribution in [0.5, 0.6) is 5.75 Å². The van der Waals surface area contributed by atoms with Gasteiger partial charge in [-0.25, -0.2) is 0 Å². The van der Waals surface area contributed by atoms with Gasteiger partial charge in [-0.1, -0.05) is 18.6 Å². The minimum Gasteiger partial charge on any atom is -0.467 e. The van der Waals surface area contributed by atoms with Crippen LogP contribution in [0.25, 0.3) is 0 Å². The SMILES string of the molecule is O=C1N[C@]2(C[C@H]3CC[C@H]2C[C@@H]3C(=O)NCCN2CCCCC2)Oc2ccccc21. The molecule has 0 radical (unpaired) electrons. The van der Waals surface area contributed by atoms with Crippen LogP contribution in [0.3, 0.4) is 0 Å². The van der Waals surface area contributed by atoms with Crippen molar-refractivity contribution < 1.29 is 14.3 Å². The Balaban J connectivity index is 1.21. The lowest BCUT2D eigenvalue weighted by Crippen LogP contribution is -2.67. The van der Waals surface area contributed by atoms with Gasteiger partial charge in [-0.05, 0) is 63.2 Å². The number of rotatable bonds is 4. The van der Waals surface area contributed by atoms with Crippen LogP contribution >= 0.6 is 0 Å². The van der Waals surface area contributed by atoms with E-state index in [2.05, 4.69) is 15.5 Å². The van der Waals surface area contributed by atoms with Crippen molar-refractivity contribution in [3.05, 3.63) is 29.8 Å². The van der Waals surface area contributed by atoms with E-state index in [1.165, 1.54) is 19.3 Å². The average molecular weight is 398 g/mol. The topological polar surface area (TPSA) is 70.7 Å². The average Bonchev–Trinajstić information content (AvgIpc) is 2.75. The third-order valence-corrected chi connectivity index (χ3v) is 7.48. The van der Waals surface area contributed by atoms with E-state index in [1.54, 1.807) is 6.07 Å². The first-order valence-corrected chi connectivity index (χ1v) is 11.3. The van der Waals surface area contributed by atoms with Crippen LogP contribution in [0.15, 0.2) is 24.3 Å². The molecule has 29 heavy (non-hydrogen) atoms. The Morgan fingerprint density at radius 1 is 1.21 bits per heavy atom. The molecule has 6 nitrogen and oxygen atoms in total. The fraction of sp³-hybridized carbons (Fsp3) is 0.652. The molecule has 6 heteroatoms. The van der Waals surface area contributed by atoms with E-state index >= 15 is 0 Å². The number of likely N-dealkylation sites (tertiary alicyclic amines) is 1. The minimum atomic E-state index is -0.640. The maximum Gasteiger partial charge on any atom is 0.258 e. The maximum atomic E-state index is 12.9. The summed E-state index contributed by atoms with van der Waals surface area (Å²) in [5.41, 5.74) is -0.0366. The summed E-state index contributed by atoms with van der Waals surface area (Å²) in [4.78, 5) is 28.0. The van der Waals surface area contributed by atoms with Crippen LogP contribution in [0.2, 0.25) is 0 Å². The van der Waals surface area contributed by atoms with Crippen molar-refractivity contribution in [3.8, 4) is 5.75 Å². The van der Waals surface area contributed by atoms with Crippen LogP contribution in [0.4, 0.5) is 0 Å². The molecule has 5 aliphatic rings. The Bertz CT molecular complexity index is 791. The van der Waals surface area contributed by atoms with E-state index in [4.69, 9.17) is 4.74 Å². The molecule has 1 aromatic rings. The summed E-state index contributed by atoms with van der Waals surface area (Å²) in [6, 6.07) is 7.45.